The standard InChI is InChI=1S/C23H28F2N4O3/c1-29(2)13-22(30)27-16-6-4-5-14(9-16)23(31)28-21-11-18(19(25)12-26-21)17-8-7-15(24)10-20(17)32-3/h7-8,10-12,14,16H,4-6,9,13H2,1-3H3,(H,27,30)(H,26,28,31). The fourth-order valence-corrected chi connectivity index (χ4v) is 3.95. The third-order valence-electron chi connectivity index (χ3n) is 5.43. The van der Waals surface area contributed by atoms with E-state index in [4.69, 9.17) is 4.74 Å². The van der Waals surface area contributed by atoms with Crippen LogP contribution in [0.15, 0.2) is 30.5 Å². The van der Waals surface area contributed by atoms with E-state index in [1.807, 2.05) is 14.1 Å². The summed E-state index contributed by atoms with van der Waals surface area (Å²) in [6.07, 6.45) is 3.89. The molecule has 1 aromatic heterocycles. The van der Waals surface area contributed by atoms with Crippen LogP contribution in [-0.2, 0) is 9.59 Å². The van der Waals surface area contributed by atoms with Gasteiger partial charge in [-0.05, 0) is 51.6 Å². The summed E-state index contributed by atoms with van der Waals surface area (Å²) in [6.45, 7) is 0.294. The van der Waals surface area contributed by atoms with E-state index in [2.05, 4.69) is 15.6 Å². The van der Waals surface area contributed by atoms with Gasteiger partial charge in [-0.1, -0.05) is 6.42 Å². The third-order valence-corrected chi connectivity index (χ3v) is 5.43. The average molecular weight is 446 g/mol. The number of rotatable bonds is 7. The number of pyridine rings is 1. The van der Waals surface area contributed by atoms with Gasteiger partial charge in [0.15, 0.2) is 0 Å². The second-order valence-corrected chi connectivity index (χ2v) is 8.25. The lowest BCUT2D eigenvalue weighted by molar-refractivity contribution is -0.124. The molecule has 7 nitrogen and oxygen atoms in total. The molecule has 2 N–H and O–H groups in total. The summed E-state index contributed by atoms with van der Waals surface area (Å²) < 4.78 is 33.1. The van der Waals surface area contributed by atoms with Crippen molar-refractivity contribution in [3.63, 3.8) is 0 Å². The zero-order valence-corrected chi connectivity index (χ0v) is 18.5. The Bertz CT molecular complexity index is 984. The molecular formula is C23H28F2N4O3. The second-order valence-electron chi connectivity index (χ2n) is 8.25. The van der Waals surface area contributed by atoms with Crippen molar-refractivity contribution in [3.05, 3.63) is 42.1 Å². The van der Waals surface area contributed by atoms with E-state index in [0.29, 0.717) is 24.9 Å². The van der Waals surface area contributed by atoms with Gasteiger partial charge in [0, 0.05) is 29.2 Å². The SMILES string of the molecule is COc1cc(F)ccc1-c1cc(NC(=O)C2CCCC(NC(=O)CN(C)C)C2)ncc1F. The number of carbonyl (C=O) groups excluding carboxylic acids is 2. The summed E-state index contributed by atoms with van der Waals surface area (Å²) in [7, 11) is 5.02. The van der Waals surface area contributed by atoms with Crippen LogP contribution in [0, 0.1) is 17.6 Å². The molecule has 1 aromatic carbocycles. The highest BCUT2D eigenvalue weighted by molar-refractivity contribution is 5.92. The van der Waals surface area contributed by atoms with Crippen molar-refractivity contribution in [3.8, 4) is 16.9 Å². The van der Waals surface area contributed by atoms with Gasteiger partial charge in [0.2, 0.25) is 11.8 Å². The number of aromatic nitrogens is 1. The summed E-state index contributed by atoms with van der Waals surface area (Å²) in [6, 6.07) is 5.14. The van der Waals surface area contributed by atoms with Crippen LogP contribution in [0.1, 0.15) is 25.7 Å². The van der Waals surface area contributed by atoms with Gasteiger partial charge in [-0.25, -0.2) is 13.8 Å². The first kappa shape index (κ1) is 23.6. The highest BCUT2D eigenvalue weighted by Crippen LogP contribution is 2.33. The smallest absolute Gasteiger partial charge is 0.234 e. The Labute approximate surface area is 186 Å². The molecule has 0 aliphatic heterocycles. The molecule has 2 aromatic rings. The number of anilines is 1. The molecule has 0 saturated heterocycles. The molecule has 0 bridgehead atoms. The van der Waals surface area contributed by atoms with Crippen LogP contribution in [0.5, 0.6) is 5.75 Å². The van der Waals surface area contributed by atoms with Gasteiger partial charge in [0.25, 0.3) is 0 Å². The summed E-state index contributed by atoms with van der Waals surface area (Å²) in [4.78, 5) is 30.6. The molecular weight excluding hydrogens is 418 g/mol. The minimum Gasteiger partial charge on any atom is -0.496 e. The molecule has 2 unspecified atom stereocenters. The van der Waals surface area contributed by atoms with Crippen LogP contribution in [0.25, 0.3) is 11.1 Å². The van der Waals surface area contributed by atoms with Crippen LogP contribution in [0.2, 0.25) is 0 Å². The molecule has 2 atom stereocenters. The zero-order valence-electron chi connectivity index (χ0n) is 18.5. The normalized spacial score (nSPS) is 18.3. The van der Waals surface area contributed by atoms with E-state index in [0.717, 1.165) is 19.0 Å². The van der Waals surface area contributed by atoms with E-state index in [-0.39, 0.29) is 40.9 Å². The van der Waals surface area contributed by atoms with Crippen molar-refractivity contribution in [2.75, 3.05) is 33.1 Å². The van der Waals surface area contributed by atoms with Crippen LogP contribution in [-0.4, -0.2) is 55.5 Å². The Balaban J connectivity index is 1.70. The second kappa shape index (κ2) is 10.5. The van der Waals surface area contributed by atoms with Crippen LogP contribution < -0.4 is 15.4 Å². The van der Waals surface area contributed by atoms with E-state index in [1.165, 1.54) is 31.4 Å². The minimum absolute atomic E-state index is 0.0628. The molecule has 2 amide bonds. The number of nitrogens with zero attached hydrogens (tertiary/aromatic N) is 2. The lowest BCUT2D eigenvalue weighted by Crippen LogP contribution is -2.44. The molecule has 3 rings (SSSR count). The number of hydrogen-bond acceptors (Lipinski definition) is 5. The number of hydrogen-bond donors (Lipinski definition) is 2. The van der Waals surface area contributed by atoms with Crippen molar-refractivity contribution < 1.29 is 23.1 Å². The molecule has 1 aliphatic carbocycles. The number of likely N-dealkylation sites (N-methyl/N-ethyl adjacent to an activating group) is 1. The van der Waals surface area contributed by atoms with Crippen LogP contribution >= 0.6 is 0 Å². The number of methoxy groups -OCH3 is 1. The van der Waals surface area contributed by atoms with Crippen LogP contribution in [0.3, 0.4) is 0 Å². The number of carbonyl (C=O) groups is 2. The number of halogens is 2. The molecule has 1 fully saturated rings. The third kappa shape index (κ3) is 6.00. The van der Waals surface area contributed by atoms with Gasteiger partial charge in [-0.3, -0.25) is 9.59 Å². The largest absolute Gasteiger partial charge is 0.496 e. The van der Waals surface area contributed by atoms with Crippen molar-refractivity contribution in [1.29, 1.82) is 0 Å². The maximum Gasteiger partial charge on any atom is 0.234 e. The molecule has 172 valence electrons. The van der Waals surface area contributed by atoms with Gasteiger partial charge >= 0.3 is 0 Å². The first-order valence-electron chi connectivity index (χ1n) is 10.5. The van der Waals surface area contributed by atoms with Gasteiger partial charge in [0.05, 0.1) is 19.9 Å². The number of nitrogens with one attached hydrogen (secondary N) is 2. The van der Waals surface area contributed by atoms with E-state index < -0.39 is 11.6 Å². The molecule has 32 heavy (non-hydrogen) atoms. The van der Waals surface area contributed by atoms with E-state index >= 15 is 0 Å². The molecule has 0 spiro atoms. The van der Waals surface area contributed by atoms with Gasteiger partial charge in [0.1, 0.15) is 23.2 Å². The van der Waals surface area contributed by atoms with Gasteiger partial charge in [-0.15, -0.1) is 0 Å². The Morgan fingerprint density at radius 2 is 1.97 bits per heavy atom. The highest BCUT2D eigenvalue weighted by Gasteiger charge is 2.28. The Morgan fingerprint density at radius 1 is 1.19 bits per heavy atom. The molecule has 1 heterocycles. The highest BCUT2D eigenvalue weighted by atomic mass is 19.1. The lowest BCUT2D eigenvalue weighted by Gasteiger charge is -2.29. The first-order chi connectivity index (χ1) is 15.3. The predicted octanol–water partition coefficient (Wildman–Crippen LogP) is 3.21. The molecule has 9 heteroatoms. The fourth-order valence-electron chi connectivity index (χ4n) is 3.95. The Hall–Kier alpha value is -3.07. The van der Waals surface area contributed by atoms with E-state index in [9.17, 15) is 18.4 Å². The Morgan fingerprint density at radius 3 is 2.69 bits per heavy atom. The summed E-state index contributed by atoms with van der Waals surface area (Å²) in [5.74, 6) is -1.34. The van der Waals surface area contributed by atoms with Crippen molar-refractivity contribution in [2.45, 2.75) is 31.7 Å². The zero-order chi connectivity index (χ0) is 23.3. The molecule has 0 radical (unpaired) electrons. The summed E-state index contributed by atoms with van der Waals surface area (Å²) in [5.41, 5.74) is 0.496. The van der Waals surface area contributed by atoms with Crippen LogP contribution in [0.4, 0.5) is 14.6 Å². The summed E-state index contributed by atoms with van der Waals surface area (Å²) in [5, 5.41) is 5.74. The number of ether oxygens (including phenoxy) is 1. The Kier molecular flexibility index (Phi) is 7.74. The topological polar surface area (TPSA) is 83.6 Å². The predicted molar refractivity (Wildman–Crippen MR) is 117 cm³/mol. The van der Waals surface area contributed by atoms with E-state index in [1.54, 1.807) is 4.90 Å². The maximum atomic E-state index is 14.5. The summed E-state index contributed by atoms with van der Waals surface area (Å²) >= 11 is 0. The quantitative estimate of drug-likeness (QED) is 0.683. The van der Waals surface area contributed by atoms with Gasteiger partial charge < -0.3 is 20.3 Å². The monoisotopic (exact) mass is 446 g/mol. The van der Waals surface area contributed by atoms with Crippen molar-refractivity contribution in [2.24, 2.45) is 5.92 Å². The number of amides is 2. The molecule has 1 aliphatic rings. The fraction of sp³-hybridized carbons (Fsp3) is 0.435. The lowest BCUT2D eigenvalue weighted by atomic mass is 9.85. The average Bonchev–Trinajstić information content (AvgIpc) is 2.74. The van der Waals surface area contributed by atoms with Crippen molar-refractivity contribution in [1.82, 2.24) is 15.2 Å². The van der Waals surface area contributed by atoms with Crippen molar-refractivity contribution >= 4 is 17.6 Å². The minimum atomic E-state index is -0.616. The van der Waals surface area contributed by atoms with Gasteiger partial charge in [-0.2, -0.15) is 0 Å². The first-order valence-corrected chi connectivity index (χ1v) is 10.5. The number of benzene rings is 1. The molecule has 1 saturated carbocycles. The maximum absolute atomic E-state index is 14.5.